The van der Waals surface area contributed by atoms with Crippen LogP contribution in [0.3, 0.4) is 0 Å². The highest BCUT2D eigenvalue weighted by Crippen LogP contribution is 2.13. The fourth-order valence-corrected chi connectivity index (χ4v) is 4.51. The third kappa shape index (κ3) is 11.0. The first-order valence-electron chi connectivity index (χ1n) is 11.9. The molecule has 0 fully saturated rings. The summed E-state index contributed by atoms with van der Waals surface area (Å²) in [5, 5.41) is 13.2. The number of amides is 1. The average molecular weight is 575 g/mol. The van der Waals surface area contributed by atoms with E-state index in [0.29, 0.717) is 25.9 Å². The third-order valence-electron chi connectivity index (χ3n) is 5.50. The van der Waals surface area contributed by atoms with Gasteiger partial charge in [-0.3, -0.25) is 9.79 Å². The second-order valence-electron chi connectivity index (χ2n) is 8.54. The van der Waals surface area contributed by atoms with Gasteiger partial charge in [-0.2, -0.15) is 13.2 Å². The van der Waals surface area contributed by atoms with Crippen molar-refractivity contribution in [1.29, 1.82) is 0 Å². The van der Waals surface area contributed by atoms with Crippen LogP contribution in [0.25, 0.3) is 0 Å². The van der Waals surface area contributed by atoms with Gasteiger partial charge in [0, 0.05) is 32.1 Å². The number of carboxylic acids is 1. The van der Waals surface area contributed by atoms with Crippen molar-refractivity contribution in [3.63, 3.8) is 0 Å². The monoisotopic (exact) mass is 574 g/mol. The Morgan fingerprint density at radius 1 is 1.15 bits per heavy atom. The van der Waals surface area contributed by atoms with Gasteiger partial charge < -0.3 is 20.6 Å². The summed E-state index contributed by atoms with van der Waals surface area (Å²) in [6.07, 6.45) is -3.48. The van der Waals surface area contributed by atoms with E-state index in [2.05, 4.69) is 27.8 Å². The van der Waals surface area contributed by atoms with Crippen molar-refractivity contribution in [1.82, 2.24) is 15.5 Å². The zero-order valence-corrected chi connectivity index (χ0v) is 22.0. The van der Waals surface area contributed by atoms with E-state index in [1.54, 1.807) is 11.9 Å². The molecule has 0 atom stereocenters. The van der Waals surface area contributed by atoms with E-state index >= 15 is 0 Å². The van der Waals surface area contributed by atoms with Crippen molar-refractivity contribution in [3.8, 4) is 0 Å². The minimum Gasteiger partial charge on any atom is -0.475 e. The third-order valence-corrected chi connectivity index (χ3v) is 7.05. The molecule has 0 aliphatic carbocycles. The normalized spacial score (nSPS) is 13.1. The van der Waals surface area contributed by atoms with Gasteiger partial charge in [0.1, 0.15) is 17.5 Å². The molecule has 0 aromatic heterocycles. The smallest absolute Gasteiger partial charge is 0.475 e. The molecule has 0 saturated heterocycles. The predicted octanol–water partition coefficient (Wildman–Crippen LogP) is 2.61. The molecule has 0 spiro atoms. The molecule has 2 aromatic rings. The Balaban J connectivity index is 0.000000673. The van der Waals surface area contributed by atoms with Crippen molar-refractivity contribution >= 4 is 27.5 Å². The molecule has 0 bridgehead atoms. The minimum atomic E-state index is -5.08. The molecule has 39 heavy (non-hydrogen) atoms. The molecule has 0 saturated carbocycles. The topological polar surface area (TPSA) is 128 Å². The molecule has 0 radical (unpaired) electrons. The van der Waals surface area contributed by atoms with E-state index in [1.165, 1.54) is 18.2 Å². The second-order valence-corrected chi connectivity index (χ2v) is 10.5. The van der Waals surface area contributed by atoms with Crippen molar-refractivity contribution in [3.05, 3.63) is 65.5 Å². The number of alkyl halides is 3. The number of halogens is 4. The summed E-state index contributed by atoms with van der Waals surface area (Å²) in [5.74, 6) is -2.69. The van der Waals surface area contributed by atoms with Crippen LogP contribution in [-0.4, -0.2) is 81.4 Å². The average Bonchev–Trinajstić information content (AvgIpc) is 3.42. The van der Waals surface area contributed by atoms with Gasteiger partial charge in [-0.05, 0) is 43.1 Å². The van der Waals surface area contributed by atoms with Crippen LogP contribution in [0.1, 0.15) is 24.0 Å². The molecule has 1 heterocycles. The highest BCUT2D eigenvalue weighted by atomic mass is 32.2. The quantitative estimate of drug-likeness (QED) is 0.278. The number of sulfone groups is 1. The zero-order chi connectivity index (χ0) is 29.1. The van der Waals surface area contributed by atoms with Gasteiger partial charge >= 0.3 is 12.1 Å². The Morgan fingerprint density at radius 2 is 1.82 bits per heavy atom. The summed E-state index contributed by atoms with van der Waals surface area (Å²) in [7, 11) is -1.83. The second kappa shape index (κ2) is 14.6. The number of carboxylic acid groups (broad SMARTS) is 1. The van der Waals surface area contributed by atoms with Crippen LogP contribution in [0.4, 0.5) is 17.6 Å². The molecule has 1 aliphatic rings. The molecule has 3 rings (SSSR count). The van der Waals surface area contributed by atoms with Crippen molar-refractivity contribution < 1.29 is 40.7 Å². The number of nitrogens with zero attached hydrogens (tertiary/aromatic N) is 2. The highest BCUT2D eigenvalue weighted by molar-refractivity contribution is 7.91. The number of rotatable bonds is 11. The molecule has 1 aliphatic heterocycles. The molecule has 0 unspecified atom stereocenters. The maximum Gasteiger partial charge on any atom is 0.490 e. The van der Waals surface area contributed by atoms with E-state index in [9.17, 15) is 30.8 Å². The Labute approximate surface area is 223 Å². The lowest BCUT2D eigenvalue weighted by Crippen LogP contribution is -2.30. The maximum absolute atomic E-state index is 13.2. The summed E-state index contributed by atoms with van der Waals surface area (Å²) in [6.45, 7) is 2.68. The van der Waals surface area contributed by atoms with Gasteiger partial charge in [-0.1, -0.05) is 30.3 Å². The first-order valence-corrected chi connectivity index (χ1v) is 13.6. The summed E-state index contributed by atoms with van der Waals surface area (Å²) < 4.78 is 69.3. The van der Waals surface area contributed by atoms with Gasteiger partial charge in [0.05, 0.1) is 11.4 Å². The number of carbonyl (C=O) groups is 2. The molecule has 214 valence electrons. The SMILES string of the molecule is CN(CCc1ccc(C2=NCCN2)cc1)C(=O)CCCNCS(=O)(=O)c1cccc(F)c1.O=C(O)C(F)(F)F. The van der Waals surface area contributed by atoms with Crippen LogP contribution >= 0.6 is 0 Å². The predicted molar refractivity (Wildman–Crippen MR) is 137 cm³/mol. The Morgan fingerprint density at radius 3 is 2.38 bits per heavy atom. The lowest BCUT2D eigenvalue weighted by molar-refractivity contribution is -0.192. The number of benzene rings is 2. The Hall–Kier alpha value is -3.52. The first kappa shape index (κ1) is 31.7. The standard InChI is InChI=1S/C23H29FN4O3S.C2HF3O2/c1-28(15-11-18-7-9-19(10-8-18)23-26-13-14-27-23)22(29)6-3-12-25-17-32(30,31)21-5-2-4-20(24)16-21;3-2(4,5)1(6)7/h2,4-5,7-10,16,25H,3,6,11-15,17H2,1H3,(H,26,27);(H,6,7). The van der Waals surface area contributed by atoms with Crippen molar-refractivity contribution in [2.75, 3.05) is 39.1 Å². The summed E-state index contributed by atoms with van der Waals surface area (Å²) in [6, 6.07) is 13.1. The van der Waals surface area contributed by atoms with Crippen LogP contribution in [0.2, 0.25) is 0 Å². The van der Waals surface area contributed by atoms with E-state index in [4.69, 9.17) is 9.90 Å². The zero-order valence-electron chi connectivity index (χ0n) is 21.2. The highest BCUT2D eigenvalue weighted by Gasteiger charge is 2.38. The van der Waals surface area contributed by atoms with Crippen LogP contribution < -0.4 is 10.6 Å². The fourth-order valence-electron chi connectivity index (χ4n) is 3.35. The lowest BCUT2D eigenvalue weighted by atomic mass is 10.1. The molecule has 2 aromatic carbocycles. The van der Waals surface area contributed by atoms with Crippen LogP contribution in [0.15, 0.2) is 58.4 Å². The maximum atomic E-state index is 13.2. The number of amidine groups is 1. The first-order chi connectivity index (χ1) is 18.3. The van der Waals surface area contributed by atoms with Crippen LogP contribution in [0.5, 0.6) is 0 Å². The van der Waals surface area contributed by atoms with Crippen LogP contribution in [-0.2, 0) is 25.8 Å². The van der Waals surface area contributed by atoms with Gasteiger partial charge in [-0.25, -0.2) is 17.6 Å². The van der Waals surface area contributed by atoms with Gasteiger partial charge in [0.2, 0.25) is 5.91 Å². The minimum absolute atomic E-state index is 0.0147. The van der Waals surface area contributed by atoms with Gasteiger partial charge in [0.15, 0.2) is 9.84 Å². The molecule has 3 N–H and O–H groups in total. The number of hydrogen-bond donors (Lipinski definition) is 3. The summed E-state index contributed by atoms with van der Waals surface area (Å²) >= 11 is 0. The fraction of sp³-hybridized carbons (Fsp3) is 0.400. The molecule has 14 heteroatoms. The molecular weight excluding hydrogens is 544 g/mol. The van der Waals surface area contributed by atoms with Crippen molar-refractivity contribution in [2.24, 2.45) is 4.99 Å². The molecule has 1 amide bonds. The van der Waals surface area contributed by atoms with Gasteiger partial charge in [0.25, 0.3) is 0 Å². The molecular formula is C25H30F4N4O5S. The summed E-state index contributed by atoms with van der Waals surface area (Å²) in [4.78, 5) is 27.3. The number of likely N-dealkylation sites (N-methyl/N-ethyl adjacent to an activating group) is 1. The number of hydrogen-bond acceptors (Lipinski definition) is 7. The number of nitrogens with one attached hydrogen (secondary N) is 2. The number of aliphatic imine (C=N–C) groups is 1. The van der Waals surface area contributed by atoms with E-state index < -0.39 is 27.8 Å². The number of carbonyl (C=O) groups excluding carboxylic acids is 1. The lowest BCUT2D eigenvalue weighted by Gasteiger charge is -2.17. The van der Waals surface area contributed by atoms with Crippen molar-refractivity contribution in [2.45, 2.75) is 30.3 Å². The number of aliphatic carboxylic acids is 1. The van der Waals surface area contributed by atoms with E-state index in [1.807, 2.05) is 12.1 Å². The van der Waals surface area contributed by atoms with E-state index in [0.717, 1.165) is 42.5 Å². The molecule has 9 nitrogen and oxygen atoms in total. The Bertz CT molecular complexity index is 1250. The summed E-state index contributed by atoms with van der Waals surface area (Å²) in [5.41, 5.74) is 2.22. The Kier molecular flexibility index (Phi) is 11.9. The largest absolute Gasteiger partial charge is 0.490 e. The van der Waals surface area contributed by atoms with E-state index in [-0.39, 0.29) is 16.7 Å². The van der Waals surface area contributed by atoms with Crippen LogP contribution in [0, 0.1) is 5.82 Å². The van der Waals surface area contributed by atoms with Gasteiger partial charge in [-0.15, -0.1) is 0 Å².